The number of carbonyl (C=O) groups excluding carboxylic acids is 1. The van der Waals surface area contributed by atoms with E-state index in [1.165, 1.54) is 16.2 Å². The number of thiophene rings is 1. The highest BCUT2D eigenvalue weighted by Crippen LogP contribution is 2.25. The molecule has 0 fully saturated rings. The van der Waals surface area contributed by atoms with E-state index >= 15 is 0 Å². The number of nitrogens with zero attached hydrogens (tertiary/aromatic N) is 2. The lowest BCUT2D eigenvalue weighted by Gasteiger charge is -2.20. The average molecular weight is 501 g/mol. The molecular weight excluding hydrogens is 472 g/mol. The van der Waals surface area contributed by atoms with Crippen LogP contribution in [0.3, 0.4) is 0 Å². The summed E-state index contributed by atoms with van der Waals surface area (Å²) in [4.78, 5) is 25.4. The van der Waals surface area contributed by atoms with Gasteiger partial charge in [-0.2, -0.15) is 0 Å². The fraction of sp³-hybridized carbons (Fsp3) is 0.455. The van der Waals surface area contributed by atoms with Crippen molar-refractivity contribution in [2.24, 2.45) is 5.92 Å². The number of hydrogen-bond donors (Lipinski definition) is 2. The van der Waals surface area contributed by atoms with Crippen LogP contribution in [-0.2, 0) is 33.7 Å². The van der Waals surface area contributed by atoms with Crippen molar-refractivity contribution in [2.75, 3.05) is 6.54 Å². The molecule has 2 rings (SSSR count). The van der Waals surface area contributed by atoms with Crippen LogP contribution in [0.4, 0.5) is 0 Å². The Morgan fingerprint density at radius 3 is 2.56 bits per heavy atom. The van der Waals surface area contributed by atoms with Gasteiger partial charge in [-0.15, -0.1) is 15.8 Å². The zero-order valence-electron chi connectivity index (χ0n) is 18.2. The molecule has 1 heterocycles. The molecule has 0 bridgehead atoms. The lowest BCUT2D eigenvalue weighted by molar-refractivity contribution is -0.156. The average Bonchev–Trinajstić information content (AvgIpc) is 3.23. The molecule has 2 unspecified atom stereocenters. The summed E-state index contributed by atoms with van der Waals surface area (Å²) in [6.07, 6.45) is 3.98. The Labute approximate surface area is 200 Å². The van der Waals surface area contributed by atoms with Crippen LogP contribution in [0.2, 0.25) is 5.02 Å². The van der Waals surface area contributed by atoms with Crippen LogP contribution in [0.1, 0.15) is 50.0 Å². The first kappa shape index (κ1) is 26.5. The minimum atomic E-state index is -1.74. The Kier molecular flexibility index (Phi) is 10.8. The van der Waals surface area contributed by atoms with Crippen LogP contribution in [0.5, 0.6) is 0 Å². The minimum Gasteiger partial charge on any atom is -0.474 e. The quantitative estimate of drug-likeness (QED) is 0.317. The molecular formula is C22H29ClN2O5S2. The fourth-order valence-corrected chi connectivity index (χ4v) is 5.79. The van der Waals surface area contributed by atoms with Crippen molar-refractivity contribution in [1.82, 2.24) is 9.37 Å². The summed E-state index contributed by atoms with van der Waals surface area (Å²) < 4.78 is 14.1. The fourth-order valence-electron chi connectivity index (χ4n) is 3.23. The number of carboxylic acids is 1. The predicted molar refractivity (Wildman–Crippen MR) is 126 cm³/mol. The van der Waals surface area contributed by atoms with Crippen molar-refractivity contribution < 1.29 is 24.1 Å². The van der Waals surface area contributed by atoms with Crippen LogP contribution in [-0.4, -0.2) is 42.3 Å². The van der Waals surface area contributed by atoms with Crippen molar-refractivity contribution in [3.8, 4) is 0 Å². The van der Waals surface area contributed by atoms with Crippen LogP contribution in [0.15, 0.2) is 40.6 Å². The second-order valence-corrected chi connectivity index (χ2v) is 10.7. The summed E-state index contributed by atoms with van der Waals surface area (Å²) in [6, 6.07) is 10.2. The molecule has 32 heavy (non-hydrogen) atoms. The van der Waals surface area contributed by atoms with Gasteiger partial charge in [0.2, 0.25) is 0 Å². The Bertz CT molecular complexity index is 937. The van der Waals surface area contributed by atoms with Gasteiger partial charge in [-0.25, -0.2) is 9.00 Å². The van der Waals surface area contributed by atoms with E-state index < -0.39 is 22.9 Å². The molecule has 0 spiro atoms. The van der Waals surface area contributed by atoms with E-state index in [1.54, 1.807) is 36.4 Å². The first-order valence-corrected chi connectivity index (χ1v) is 12.8. The first-order chi connectivity index (χ1) is 15.2. The Morgan fingerprint density at radius 2 is 1.94 bits per heavy atom. The number of halogens is 1. The Hall–Kier alpha value is -1.78. The Morgan fingerprint density at radius 1 is 1.19 bits per heavy atom. The summed E-state index contributed by atoms with van der Waals surface area (Å²) >= 11 is 7.17. The van der Waals surface area contributed by atoms with Crippen LogP contribution in [0, 0.1) is 5.92 Å². The van der Waals surface area contributed by atoms with Crippen LogP contribution >= 0.6 is 22.9 Å². The predicted octanol–water partition coefficient (Wildman–Crippen LogP) is 4.95. The molecule has 2 aromatic rings. The second kappa shape index (κ2) is 13.1. The molecule has 1 aromatic carbocycles. The van der Waals surface area contributed by atoms with Gasteiger partial charge in [0.05, 0.1) is 6.54 Å². The van der Waals surface area contributed by atoms with Gasteiger partial charge in [0, 0.05) is 23.0 Å². The lowest BCUT2D eigenvalue weighted by Crippen LogP contribution is -2.35. The van der Waals surface area contributed by atoms with Gasteiger partial charge in [0.15, 0.2) is 11.0 Å². The summed E-state index contributed by atoms with van der Waals surface area (Å²) in [7, 11) is -1.74. The van der Waals surface area contributed by atoms with Gasteiger partial charge in [0.25, 0.3) is 0 Å². The molecule has 10 heteroatoms. The van der Waals surface area contributed by atoms with Gasteiger partial charge in [0.1, 0.15) is 4.21 Å². The summed E-state index contributed by atoms with van der Waals surface area (Å²) in [5.41, 5.74) is 0.701. The highest BCUT2D eigenvalue weighted by molar-refractivity contribution is 7.84. The largest absolute Gasteiger partial charge is 0.474 e. The van der Waals surface area contributed by atoms with Crippen molar-refractivity contribution in [2.45, 2.75) is 56.8 Å². The van der Waals surface area contributed by atoms with Crippen LogP contribution < -0.4 is 0 Å². The summed E-state index contributed by atoms with van der Waals surface area (Å²) in [6.45, 7) is 4.59. The highest BCUT2D eigenvalue weighted by atomic mass is 35.5. The molecule has 0 aliphatic heterocycles. The topological polar surface area (TPSA) is 98.2 Å². The van der Waals surface area contributed by atoms with E-state index in [0.717, 1.165) is 30.2 Å². The Balaban J connectivity index is 2.09. The molecule has 0 aliphatic carbocycles. The van der Waals surface area contributed by atoms with E-state index in [9.17, 15) is 24.1 Å². The monoisotopic (exact) mass is 500 g/mol. The van der Waals surface area contributed by atoms with Crippen molar-refractivity contribution >= 4 is 45.8 Å². The third kappa shape index (κ3) is 7.97. The second-order valence-electron chi connectivity index (χ2n) is 7.52. The van der Waals surface area contributed by atoms with E-state index in [-0.39, 0.29) is 19.0 Å². The van der Waals surface area contributed by atoms with E-state index in [4.69, 9.17) is 11.6 Å². The number of benzene rings is 1. The summed E-state index contributed by atoms with van der Waals surface area (Å²) in [5, 5.41) is 20.0. The summed E-state index contributed by atoms with van der Waals surface area (Å²) in [5.74, 6) is -2.33. The number of unbranched alkanes of at least 4 members (excludes halogenated alkanes) is 1. The van der Waals surface area contributed by atoms with Gasteiger partial charge < -0.3 is 15.2 Å². The number of amides is 1. The molecule has 2 N–H and O–H groups in total. The molecule has 1 amide bonds. The van der Waals surface area contributed by atoms with E-state index in [0.29, 0.717) is 26.2 Å². The van der Waals surface area contributed by atoms with Gasteiger partial charge in [-0.05, 0) is 42.2 Å². The number of aliphatic carboxylic acids is 1. The van der Waals surface area contributed by atoms with Crippen LogP contribution in [0.25, 0.3) is 0 Å². The van der Waals surface area contributed by atoms with E-state index in [2.05, 4.69) is 6.92 Å². The molecule has 0 saturated carbocycles. The number of carboxylic acid groups (broad SMARTS) is 1. The third-order valence-corrected chi connectivity index (χ3v) is 7.83. The molecule has 0 saturated heterocycles. The SMILES string of the molecule is CCCCC(CC)CN(O)S(=O)c1ccc(CN(Cc2cccc(Cl)c2)C(=O)C(=O)O)s1. The molecule has 0 aliphatic rings. The maximum atomic E-state index is 12.7. The third-order valence-electron chi connectivity index (χ3n) is 5.04. The van der Waals surface area contributed by atoms with Gasteiger partial charge >= 0.3 is 11.9 Å². The molecule has 2 atom stereocenters. The zero-order valence-corrected chi connectivity index (χ0v) is 20.6. The number of rotatable bonds is 12. The van der Waals surface area contributed by atoms with Crippen molar-refractivity contribution in [3.63, 3.8) is 0 Å². The minimum absolute atomic E-state index is 0.0407. The normalized spacial score (nSPS) is 13.2. The maximum Gasteiger partial charge on any atom is 0.394 e. The standard InChI is InChI=1S/C22H29ClN2O5S2/c1-3-5-7-16(4-2)14-25(29)32(30)20-11-10-19(31-20)15-24(21(26)22(27)28)13-17-8-6-9-18(23)12-17/h6,8-12,16,29H,3-5,7,13-15H2,1-2H3,(H,27,28). The lowest BCUT2D eigenvalue weighted by atomic mass is 10.00. The highest BCUT2D eigenvalue weighted by Gasteiger charge is 2.24. The molecule has 1 aromatic heterocycles. The molecule has 176 valence electrons. The maximum absolute atomic E-state index is 12.7. The molecule has 7 nitrogen and oxygen atoms in total. The van der Waals surface area contributed by atoms with Crippen molar-refractivity contribution in [3.05, 3.63) is 51.9 Å². The number of carbonyl (C=O) groups is 2. The van der Waals surface area contributed by atoms with E-state index in [1.807, 2.05) is 6.92 Å². The molecule has 0 radical (unpaired) electrons. The number of hydroxylamine groups is 1. The smallest absolute Gasteiger partial charge is 0.394 e. The number of hydrogen-bond acceptors (Lipinski definition) is 5. The zero-order chi connectivity index (χ0) is 23.7. The van der Waals surface area contributed by atoms with Gasteiger partial charge in [-0.3, -0.25) is 4.79 Å². The van der Waals surface area contributed by atoms with Gasteiger partial charge in [-0.1, -0.05) is 56.8 Å². The van der Waals surface area contributed by atoms with Crippen molar-refractivity contribution in [1.29, 1.82) is 0 Å². The first-order valence-electron chi connectivity index (χ1n) is 10.5.